The number of carboxylic acid groups (broad SMARTS) is 1. The average Bonchev–Trinajstić information content (AvgIpc) is 2.62. The minimum absolute atomic E-state index is 0.149. The second kappa shape index (κ2) is 9.12. The van der Waals surface area contributed by atoms with Crippen LogP contribution in [0.4, 0.5) is 0 Å². The molecular formula is C18H18O6. The number of rotatable bonds is 5. The number of aliphatic carboxylic acids is 1. The lowest BCUT2D eigenvalue weighted by Crippen LogP contribution is -2.04. The third kappa shape index (κ3) is 4.96. The number of ether oxygens (including phenoxy) is 1. The minimum atomic E-state index is -0.981. The number of carboxylic acids is 1. The van der Waals surface area contributed by atoms with E-state index in [9.17, 15) is 19.8 Å². The summed E-state index contributed by atoms with van der Waals surface area (Å²) in [6.07, 6.45) is 0.833. The molecule has 0 amide bonds. The van der Waals surface area contributed by atoms with E-state index >= 15 is 0 Å². The number of methoxy groups -OCH3 is 1. The van der Waals surface area contributed by atoms with Crippen LogP contribution < -0.4 is 4.74 Å². The molecule has 24 heavy (non-hydrogen) atoms. The summed E-state index contributed by atoms with van der Waals surface area (Å²) >= 11 is 0. The summed E-state index contributed by atoms with van der Waals surface area (Å²) in [5, 5.41) is 26.7. The fourth-order valence-corrected chi connectivity index (χ4v) is 1.85. The van der Waals surface area contributed by atoms with Gasteiger partial charge in [-0.15, -0.1) is 0 Å². The van der Waals surface area contributed by atoms with E-state index in [1.807, 2.05) is 6.07 Å². The van der Waals surface area contributed by atoms with Crippen LogP contribution in [0.1, 0.15) is 21.5 Å². The number of phenols is 1. The first-order valence-electron chi connectivity index (χ1n) is 6.90. The summed E-state index contributed by atoms with van der Waals surface area (Å²) in [4.78, 5) is 21.5. The molecule has 126 valence electrons. The van der Waals surface area contributed by atoms with Gasteiger partial charge >= 0.3 is 5.97 Å². The number of aliphatic hydroxyl groups is 1. The van der Waals surface area contributed by atoms with Crippen LogP contribution in [0, 0.1) is 0 Å². The normalized spacial score (nSPS) is 9.42. The Bertz CT molecular complexity index is 722. The van der Waals surface area contributed by atoms with Crippen molar-refractivity contribution in [3.05, 3.63) is 71.8 Å². The molecule has 0 atom stereocenters. The molecule has 3 N–H and O–H groups in total. The highest BCUT2D eigenvalue weighted by Gasteiger charge is 2.16. The summed E-state index contributed by atoms with van der Waals surface area (Å²) in [7, 11) is 1.44. The molecule has 0 aliphatic carbocycles. The van der Waals surface area contributed by atoms with E-state index in [2.05, 4.69) is 6.58 Å². The predicted octanol–water partition coefficient (Wildman–Crippen LogP) is 2.38. The molecule has 0 spiro atoms. The van der Waals surface area contributed by atoms with Gasteiger partial charge in [0.05, 0.1) is 19.3 Å². The van der Waals surface area contributed by atoms with Gasteiger partial charge in [-0.25, -0.2) is 4.79 Å². The largest absolute Gasteiger partial charge is 0.507 e. The molecule has 0 saturated carbocycles. The lowest BCUT2D eigenvalue weighted by Gasteiger charge is -2.10. The summed E-state index contributed by atoms with van der Waals surface area (Å²) < 4.78 is 5.03. The molecule has 6 heteroatoms. The summed E-state index contributed by atoms with van der Waals surface area (Å²) in [6.45, 7) is 2.70. The van der Waals surface area contributed by atoms with Gasteiger partial charge < -0.3 is 20.1 Å². The Balaban J connectivity index is 0.000000505. The monoisotopic (exact) mass is 330 g/mol. The van der Waals surface area contributed by atoms with Crippen LogP contribution >= 0.6 is 0 Å². The quantitative estimate of drug-likeness (QED) is 0.574. The molecule has 2 aromatic rings. The maximum atomic E-state index is 12.3. The smallest absolute Gasteiger partial charge is 0.327 e. The van der Waals surface area contributed by atoms with Crippen molar-refractivity contribution < 1.29 is 29.6 Å². The number of carbonyl (C=O) groups is 2. The van der Waals surface area contributed by atoms with Crippen molar-refractivity contribution in [1.82, 2.24) is 0 Å². The summed E-state index contributed by atoms with van der Waals surface area (Å²) in [5.74, 6) is -1.09. The molecule has 0 unspecified atom stereocenters. The molecule has 0 radical (unpaired) electrons. The molecule has 6 nitrogen and oxygen atoms in total. The zero-order valence-electron chi connectivity index (χ0n) is 13.1. The Hall–Kier alpha value is -3.12. The first-order chi connectivity index (χ1) is 11.4. The van der Waals surface area contributed by atoms with Crippen LogP contribution in [-0.2, 0) is 11.4 Å². The van der Waals surface area contributed by atoms with Gasteiger partial charge in [-0.2, -0.15) is 0 Å². The Kier molecular flexibility index (Phi) is 7.19. The molecule has 0 aliphatic rings. The Labute approximate surface area is 139 Å². The maximum absolute atomic E-state index is 12.3. The zero-order valence-corrected chi connectivity index (χ0v) is 13.1. The highest BCUT2D eigenvalue weighted by molar-refractivity contribution is 6.10. The standard InChI is InChI=1S/C15H14O4.C3H4O2/c1-19-14-8-13(17)12(7-11(14)9-16)15(18)10-5-3-2-4-6-10;1-2-3(4)5/h2-8,16-17H,9H2,1H3;2H,1H2,(H,4,5). The van der Waals surface area contributed by atoms with Gasteiger partial charge in [-0.3, -0.25) is 4.79 Å². The Morgan fingerprint density at radius 2 is 1.79 bits per heavy atom. The van der Waals surface area contributed by atoms with Crippen molar-refractivity contribution in [3.63, 3.8) is 0 Å². The van der Waals surface area contributed by atoms with Crippen molar-refractivity contribution in [2.24, 2.45) is 0 Å². The predicted molar refractivity (Wildman–Crippen MR) is 88.3 cm³/mol. The van der Waals surface area contributed by atoms with Crippen molar-refractivity contribution in [2.45, 2.75) is 6.61 Å². The molecule has 0 saturated heterocycles. The first-order valence-corrected chi connectivity index (χ1v) is 6.90. The van der Waals surface area contributed by atoms with Crippen molar-refractivity contribution in [1.29, 1.82) is 0 Å². The topological polar surface area (TPSA) is 104 Å². The highest BCUT2D eigenvalue weighted by Crippen LogP contribution is 2.29. The highest BCUT2D eigenvalue weighted by atomic mass is 16.5. The van der Waals surface area contributed by atoms with Crippen LogP contribution in [-0.4, -0.2) is 34.2 Å². The Morgan fingerprint density at radius 1 is 1.21 bits per heavy atom. The van der Waals surface area contributed by atoms with Crippen LogP contribution in [0.3, 0.4) is 0 Å². The second-order valence-corrected chi connectivity index (χ2v) is 4.58. The number of ketones is 1. The Morgan fingerprint density at radius 3 is 2.25 bits per heavy atom. The number of carbonyl (C=O) groups excluding carboxylic acids is 1. The van der Waals surface area contributed by atoms with Crippen LogP contribution in [0.5, 0.6) is 11.5 Å². The van der Waals surface area contributed by atoms with E-state index in [4.69, 9.17) is 9.84 Å². The number of benzene rings is 2. The van der Waals surface area contributed by atoms with Crippen molar-refractivity contribution in [2.75, 3.05) is 7.11 Å². The van der Waals surface area contributed by atoms with Gasteiger partial charge in [0.2, 0.25) is 0 Å². The number of hydrogen-bond donors (Lipinski definition) is 3. The number of phenolic OH excluding ortho intramolecular Hbond substituents is 1. The number of aliphatic hydroxyl groups excluding tert-OH is 1. The average molecular weight is 330 g/mol. The number of hydrogen-bond acceptors (Lipinski definition) is 5. The van der Waals surface area contributed by atoms with Crippen molar-refractivity contribution >= 4 is 11.8 Å². The van der Waals surface area contributed by atoms with Crippen LogP contribution in [0.25, 0.3) is 0 Å². The second-order valence-electron chi connectivity index (χ2n) is 4.58. The molecule has 0 bridgehead atoms. The van der Waals surface area contributed by atoms with E-state index < -0.39 is 5.97 Å². The summed E-state index contributed by atoms with van der Waals surface area (Å²) in [6, 6.07) is 11.4. The fraction of sp³-hybridized carbons (Fsp3) is 0.111. The lowest BCUT2D eigenvalue weighted by atomic mass is 10.00. The molecule has 0 aliphatic heterocycles. The van der Waals surface area contributed by atoms with E-state index in [-0.39, 0.29) is 23.7 Å². The van der Waals surface area contributed by atoms with Gasteiger partial charge in [0.15, 0.2) is 5.78 Å². The third-order valence-electron chi connectivity index (χ3n) is 3.02. The van der Waals surface area contributed by atoms with Gasteiger partial charge in [0, 0.05) is 23.3 Å². The molecule has 2 aromatic carbocycles. The fourth-order valence-electron chi connectivity index (χ4n) is 1.85. The number of aromatic hydroxyl groups is 1. The van der Waals surface area contributed by atoms with Crippen LogP contribution in [0.2, 0.25) is 0 Å². The van der Waals surface area contributed by atoms with E-state index in [0.717, 1.165) is 6.08 Å². The van der Waals surface area contributed by atoms with Gasteiger partial charge in [-0.1, -0.05) is 36.9 Å². The zero-order chi connectivity index (χ0) is 18.1. The summed E-state index contributed by atoms with van der Waals surface area (Å²) in [5.41, 5.74) is 1.09. The SMILES string of the molecule is C=CC(=O)O.COc1cc(O)c(C(=O)c2ccccc2)cc1CO. The molecule has 0 heterocycles. The first kappa shape index (κ1) is 18.9. The third-order valence-corrected chi connectivity index (χ3v) is 3.02. The van der Waals surface area contributed by atoms with E-state index in [0.29, 0.717) is 16.9 Å². The van der Waals surface area contributed by atoms with Crippen LogP contribution in [0.15, 0.2) is 55.1 Å². The molecule has 0 fully saturated rings. The maximum Gasteiger partial charge on any atom is 0.327 e. The molecule has 2 rings (SSSR count). The van der Waals surface area contributed by atoms with Gasteiger partial charge in [0.25, 0.3) is 0 Å². The minimum Gasteiger partial charge on any atom is -0.507 e. The molecule has 0 aromatic heterocycles. The van der Waals surface area contributed by atoms with Crippen molar-refractivity contribution in [3.8, 4) is 11.5 Å². The molecular weight excluding hydrogens is 312 g/mol. The van der Waals surface area contributed by atoms with E-state index in [1.54, 1.807) is 24.3 Å². The van der Waals surface area contributed by atoms with Gasteiger partial charge in [-0.05, 0) is 6.07 Å². The van der Waals surface area contributed by atoms with E-state index in [1.165, 1.54) is 19.2 Å². The van der Waals surface area contributed by atoms with Gasteiger partial charge in [0.1, 0.15) is 11.5 Å². The lowest BCUT2D eigenvalue weighted by molar-refractivity contribution is -0.131.